The molecule has 0 radical (unpaired) electrons. The van der Waals surface area contributed by atoms with Crippen molar-refractivity contribution in [2.24, 2.45) is 11.8 Å². The number of benzene rings is 1. The van der Waals surface area contributed by atoms with E-state index in [1.165, 1.54) is 11.8 Å². The number of carbonyl (C=O) groups excluding carboxylic acids is 4. The second-order valence-corrected chi connectivity index (χ2v) is 8.09. The molecule has 1 aromatic carbocycles. The topological polar surface area (TPSA) is 92.8 Å². The van der Waals surface area contributed by atoms with Gasteiger partial charge in [-0.05, 0) is 44.4 Å². The molecule has 1 N–H and O–H groups in total. The number of carbonyl (C=O) groups is 4. The first kappa shape index (κ1) is 21.3. The van der Waals surface area contributed by atoms with Crippen molar-refractivity contribution in [1.29, 1.82) is 0 Å². The Kier molecular flexibility index (Phi) is 6.57. The second kappa shape index (κ2) is 8.95. The Morgan fingerprint density at radius 1 is 1.21 bits per heavy atom. The Morgan fingerprint density at radius 2 is 1.83 bits per heavy atom. The monoisotopic (exact) mass is 420 g/mol. The summed E-state index contributed by atoms with van der Waals surface area (Å²) < 4.78 is 5.17. The molecule has 3 amide bonds. The molecule has 7 nitrogen and oxygen atoms in total. The summed E-state index contributed by atoms with van der Waals surface area (Å²) in [5.74, 6) is -1.96. The Labute approximate surface area is 174 Å². The van der Waals surface area contributed by atoms with Gasteiger partial charge in [0, 0.05) is 17.3 Å². The first-order valence-electron chi connectivity index (χ1n) is 9.89. The third-order valence-corrected chi connectivity index (χ3v) is 5.84. The van der Waals surface area contributed by atoms with E-state index in [0.717, 1.165) is 31.2 Å². The van der Waals surface area contributed by atoms with E-state index in [1.54, 1.807) is 18.2 Å². The maximum absolute atomic E-state index is 12.4. The van der Waals surface area contributed by atoms with Crippen LogP contribution in [0, 0.1) is 18.8 Å². The number of amides is 3. The predicted octanol–water partition coefficient (Wildman–Crippen LogP) is 3.08. The van der Waals surface area contributed by atoms with Crippen molar-refractivity contribution in [3.63, 3.8) is 0 Å². The Bertz CT molecular complexity index is 816. The number of rotatable bonds is 6. The molecule has 0 bridgehead atoms. The van der Waals surface area contributed by atoms with Gasteiger partial charge in [0.15, 0.2) is 6.10 Å². The Balaban J connectivity index is 1.50. The zero-order valence-corrected chi connectivity index (χ0v) is 17.3. The van der Waals surface area contributed by atoms with Gasteiger partial charge in [0.25, 0.3) is 5.91 Å². The van der Waals surface area contributed by atoms with Crippen LogP contribution in [-0.2, 0) is 23.9 Å². The number of anilines is 1. The van der Waals surface area contributed by atoms with Crippen molar-refractivity contribution < 1.29 is 23.9 Å². The highest BCUT2D eigenvalue weighted by molar-refractivity contribution is 6.31. The summed E-state index contributed by atoms with van der Waals surface area (Å²) in [7, 11) is 0. The normalized spacial score (nSPS) is 22.2. The SMILES string of the molecule is Cc1ccc(Cl)cc1NC(=O)[C@H](C)OC(=O)CCN1C(=O)[C@H]2CCCC[C@@H]2C1=O. The first-order chi connectivity index (χ1) is 13.8. The van der Waals surface area contributed by atoms with Gasteiger partial charge in [0.05, 0.1) is 18.3 Å². The van der Waals surface area contributed by atoms with Crippen LogP contribution in [0.15, 0.2) is 18.2 Å². The number of imide groups is 1. The summed E-state index contributed by atoms with van der Waals surface area (Å²) in [5, 5.41) is 3.16. The van der Waals surface area contributed by atoms with E-state index >= 15 is 0 Å². The summed E-state index contributed by atoms with van der Waals surface area (Å²) in [5.41, 5.74) is 1.37. The van der Waals surface area contributed by atoms with Gasteiger partial charge in [0.2, 0.25) is 11.8 Å². The summed E-state index contributed by atoms with van der Waals surface area (Å²) >= 11 is 5.94. The first-order valence-corrected chi connectivity index (χ1v) is 10.3. The quantitative estimate of drug-likeness (QED) is 0.564. The zero-order chi connectivity index (χ0) is 21.1. The number of likely N-dealkylation sites (tertiary alicyclic amines) is 1. The van der Waals surface area contributed by atoms with Gasteiger partial charge in [-0.15, -0.1) is 0 Å². The highest BCUT2D eigenvalue weighted by Crippen LogP contribution is 2.38. The summed E-state index contributed by atoms with van der Waals surface area (Å²) in [4.78, 5) is 50.5. The fraction of sp³-hybridized carbons (Fsp3) is 0.524. The largest absolute Gasteiger partial charge is 0.452 e. The molecular formula is C21H25ClN2O5. The van der Waals surface area contributed by atoms with Crippen LogP contribution in [0.5, 0.6) is 0 Å². The summed E-state index contributed by atoms with van der Waals surface area (Å²) in [6.45, 7) is 3.28. The molecule has 0 spiro atoms. The van der Waals surface area contributed by atoms with E-state index in [-0.39, 0.29) is 36.6 Å². The van der Waals surface area contributed by atoms with Gasteiger partial charge < -0.3 is 10.1 Å². The number of fused-ring (bicyclic) bond motifs is 1. The van der Waals surface area contributed by atoms with Gasteiger partial charge in [-0.3, -0.25) is 24.1 Å². The van der Waals surface area contributed by atoms with E-state index in [1.807, 2.05) is 6.92 Å². The second-order valence-electron chi connectivity index (χ2n) is 7.66. The van der Waals surface area contributed by atoms with Crippen molar-refractivity contribution in [1.82, 2.24) is 4.90 Å². The van der Waals surface area contributed by atoms with Gasteiger partial charge in [-0.2, -0.15) is 0 Å². The van der Waals surface area contributed by atoms with Crippen molar-refractivity contribution >= 4 is 41.0 Å². The van der Waals surface area contributed by atoms with Gasteiger partial charge >= 0.3 is 5.97 Å². The van der Waals surface area contributed by atoms with Crippen molar-refractivity contribution in [3.05, 3.63) is 28.8 Å². The fourth-order valence-electron chi connectivity index (χ4n) is 3.93. The molecule has 2 fully saturated rings. The zero-order valence-electron chi connectivity index (χ0n) is 16.6. The number of halogens is 1. The molecule has 1 saturated carbocycles. The number of ether oxygens (including phenoxy) is 1. The van der Waals surface area contributed by atoms with E-state index in [4.69, 9.17) is 16.3 Å². The highest BCUT2D eigenvalue weighted by Gasteiger charge is 2.47. The molecule has 1 aromatic rings. The van der Waals surface area contributed by atoms with E-state index < -0.39 is 18.0 Å². The highest BCUT2D eigenvalue weighted by atomic mass is 35.5. The van der Waals surface area contributed by atoms with Crippen LogP contribution in [0.4, 0.5) is 5.69 Å². The molecule has 3 atom stereocenters. The summed E-state index contributed by atoms with van der Waals surface area (Å²) in [6, 6.07) is 5.11. The lowest BCUT2D eigenvalue weighted by molar-refractivity contribution is -0.154. The molecular weight excluding hydrogens is 396 g/mol. The average Bonchev–Trinajstić information content (AvgIpc) is 2.93. The van der Waals surface area contributed by atoms with Crippen molar-refractivity contribution in [3.8, 4) is 0 Å². The third kappa shape index (κ3) is 4.78. The van der Waals surface area contributed by atoms with E-state index in [0.29, 0.717) is 10.7 Å². The van der Waals surface area contributed by atoms with Crippen LogP contribution in [-0.4, -0.2) is 41.2 Å². The molecule has 1 aliphatic heterocycles. The molecule has 1 saturated heterocycles. The number of nitrogens with zero attached hydrogens (tertiary/aromatic N) is 1. The lowest BCUT2D eigenvalue weighted by atomic mass is 9.81. The molecule has 3 rings (SSSR count). The molecule has 1 aliphatic carbocycles. The molecule has 0 unspecified atom stereocenters. The minimum atomic E-state index is -1.02. The minimum absolute atomic E-state index is 0.00869. The Hall–Kier alpha value is -2.41. The van der Waals surface area contributed by atoms with Gasteiger partial charge in [-0.25, -0.2) is 0 Å². The van der Waals surface area contributed by atoms with Crippen molar-refractivity contribution in [2.45, 2.75) is 52.1 Å². The van der Waals surface area contributed by atoms with Crippen LogP contribution in [0.25, 0.3) is 0 Å². The molecule has 2 aliphatic rings. The molecule has 29 heavy (non-hydrogen) atoms. The van der Waals surface area contributed by atoms with Crippen LogP contribution < -0.4 is 5.32 Å². The van der Waals surface area contributed by atoms with Crippen LogP contribution >= 0.6 is 11.6 Å². The predicted molar refractivity (Wildman–Crippen MR) is 107 cm³/mol. The fourth-order valence-corrected chi connectivity index (χ4v) is 4.10. The lowest BCUT2D eigenvalue weighted by Crippen LogP contribution is -2.35. The van der Waals surface area contributed by atoms with Gasteiger partial charge in [0.1, 0.15) is 0 Å². The molecule has 0 aromatic heterocycles. The minimum Gasteiger partial charge on any atom is -0.452 e. The number of esters is 1. The molecule has 156 valence electrons. The van der Waals surface area contributed by atoms with Crippen molar-refractivity contribution in [2.75, 3.05) is 11.9 Å². The number of aryl methyl sites for hydroxylation is 1. The third-order valence-electron chi connectivity index (χ3n) is 5.61. The molecule has 8 heteroatoms. The van der Waals surface area contributed by atoms with Crippen LogP contribution in [0.3, 0.4) is 0 Å². The number of hydrogen-bond donors (Lipinski definition) is 1. The van der Waals surface area contributed by atoms with E-state index in [2.05, 4.69) is 5.32 Å². The number of hydrogen-bond acceptors (Lipinski definition) is 5. The van der Waals surface area contributed by atoms with Crippen LogP contribution in [0.1, 0.15) is 44.6 Å². The van der Waals surface area contributed by atoms with E-state index in [9.17, 15) is 19.2 Å². The average molecular weight is 421 g/mol. The maximum atomic E-state index is 12.4. The standard InChI is InChI=1S/C21H25ClN2O5/c1-12-7-8-14(22)11-17(12)23-19(26)13(2)29-18(25)9-10-24-20(27)15-5-3-4-6-16(15)21(24)28/h7-8,11,13,15-16H,3-6,9-10H2,1-2H3,(H,23,26)/t13-,15-,16-/m0/s1. The lowest BCUT2D eigenvalue weighted by Gasteiger charge is -2.19. The molecule has 1 heterocycles. The summed E-state index contributed by atoms with van der Waals surface area (Å²) in [6.07, 6.45) is 2.22. The smallest absolute Gasteiger partial charge is 0.308 e. The van der Waals surface area contributed by atoms with Crippen LogP contribution in [0.2, 0.25) is 5.02 Å². The van der Waals surface area contributed by atoms with Gasteiger partial charge in [-0.1, -0.05) is 30.5 Å². The Morgan fingerprint density at radius 3 is 2.45 bits per heavy atom. The maximum Gasteiger partial charge on any atom is 0.308 e. The number of nitrogens with one attached hydrogen (secondary N) is 1.